The van der Waals surface area contributed by atoms with Gasteiger partial charge < -0.3 is 19.5 Å². The molecule has 1 N–H and O–H groups in total. The van der Waals surface area contributed by atoms with Crippen LogP contribution in [-0.4, -0.2) is 37.4 Å². The van der Waals surface area contributed by atoms with Crippen molar-refractivity contribution in [2.45, 2.75) is 4.90 Å². The van der Waals surface area contributed by atoms with Crippen molar-refractivity contribution in [3.05, 3.63) is 47.5 Å². The Labute approximate surface area is 159 Å². The number of hydrogen-bond donors (Lipinski definition) is 1. The second-order valence-electron chi connectivity index (χ2n) is 5.31. The molecular weight excluding hydrogens is 378 g/mol. The van der Waals surface area contributed by atoms with Crippen LogP contribution in [0.1, 0.15) is 0 Å². The molecule has 26 heavy (non-hydrogen) atoms. The summed E-state index contributed by atoms with van der Waals surface area (Å²) in [7, 11) is 0. The van der Waals surface area contributed by atoms with E-state index in [-0.39, 0.29) is 12.4 Å². The number of anilines is 1. The minimum absolute atomic E-state index is 0.0911. The molecule has 0 aromatic heterocycles. The van der Waals surface area contributed by atoms with E-state index < -0.39 is 11.9 Å². The molecule has 1 heterocycles. The van der Waals surface area contributed by atoms with Gasteiger partial charge in [-0.2, -0.15) is 0 Å². The maximum atomic E-state index is 11.8. The lowest BCUT2D eigenvalue weighted by Crippen LogP contribution is -2.21. The van der Waals surface area contributed by atoms with Crippen LogP contribution in [0.5, 0.6) is 11.5 Å². The topological polar surface area (TPSA) is 73.9 Å². The highest BCUT2D eigenvalue weighted by atomic mass is 35.5. The van der Waals surface area contributed by atoms with Crippen LogP contribution >= 0.6 is 23.4 Å². The molecule has 3 rings (SSSR count). The summed E-state index contributed by atoms with van der Waals surface area (Å²) in [6, 6.07) is 12.1. The molecule has 0 radical (unpaired) electrons. The zero-order chi connectivity index (χ0) is 18.4. The molecule has 0 unspecified atom stereocenters. The van der Waals surface area contributed by atoms with Crippen molar-refractivity contribution in [1.29, 1.82) is 0 Å². The first-order chi connectivity index (χ1) is 12.6. The van der Waals surface area contributed by atoms with Gasteiger partial charge in [0.1, 0.15) is 13.2 Å². The molecule has 8 heteroatoms. The third-order valence-electron chi connectivity index (χ3n) is 3.36. The van der Waals surface area contributed by atoms with E-state index in [1.165, 1.54) is 11.8 Å². The number of ether oxygens (including phenoxy) is 3. The van der Waals surface area contributed by atoms with Crippen LogP contribution in [0, 0.1) is 0 Å². The molecule has 0 saturated carbocycles. The quantitative estimate of drug-likeness (QED) is 0.599. The summed E-state index contributed by atoms with van der Waals surface area (Å²) < 4.78 is 15.9. The summed E-state index contributed by atoms with van der Waals surface area (Å²) in [6.45, 7) is 0.693. The Balaban J connectivity index is 1.41. The van der Waals surface area contributed by atoms with Gasteiger partial charge in [-0.1, -0.05) is 11.6 Å². The largest absolute Gasteiger partial charge is 0.486 e. The maximum absolute atomic E-state index is 11.8. The molecule has 0 saturated heterocycles. The van der Waals surface area contributed by atoms with Crippen molar-refractivity contribution >= 4 is 40.9 Å². The van der Waals surface area contributed by atoms with Crippen molar-refractivity contribution < 1.29 is 23.8 Å². The van der Waals surface area contributed by atoms with Gasteiger partial charge in [-0.15, -0.1) is 11.8 Å². The first-order valence-corrected chi connectivity index (χ1v) is 9.20. The third-order valence-corrected chi connectivity index (χ3v) is 4.58. The number of rotatable bonds is 6. The van der Waals surface area contributed by atoms with Gasteiger partial charge in [0.2, 0.25) is 0 Å². The number of esters is 1. The van der Waals surface area contributed by atoms with Crippen LogP contribution in [0.4, 0.5) is 5.69 Å². The highest BCUT2D eigenvalue weighted by Crippen LogP contribution is 2.34. The zero-order valence-electron chi connectivity index (χ0n) is 13.7. The van der Waals surface area contributed by atoms with Crippen molar-refractivity contribution in [3.8, 4) is 11.5 Å². The van der Waals surface area contributed by atoms with Crippen LogP contribution in [0.15, 0.2) is 47.4 Å². The highest BCUT2D eigenvalue weighted by molar-refractivity contribution is 8.00. The van der Waals surface area contributed by atoms with Gasteiger partial charge >= 0.3 is 5.97 Å². The number of carbonyl (C=O) groups excluding carboxylic acids is 2. The van der Waals surface area contributed by atoms with Gasteiger partial charge in [0.05, 0.1) is 5.75 Å². The summed E-state index contributed by atoms with van der Waals surface area (Å²) in [6.07, 6.45) is 0. The van der Waals surface area contributed by atoms with Gasteiger partial charge in [-0.3, -0.25) is 9.59 Å². The SMILES string of the molecule is O=C(COC(=O)CSc1ccc2c(c1)OCCO2)Nc1ccc(Cl)cc1. The molecule has 136 valence electrons. The fourth-order valence-electron chi connectivity index (χ4n) is 2.17. The Bertz CT molecular complexity index is 797. The second-order valence-corrected chi connectivity index (χ2v) is 6.80. The number of carbonyl (C=O) groups is 2. The zero-order valence-corrected chi connectivity index (χ0v) is 15.3. The molecule has 1 aliphatic rings. The second kappa shape index (κ2) is 8.82. The van der Waals surface area contributed by atoms with Crippen molar-refractivity contribution in [2.24, 2.45) is 0 Å². The molecule has 0 bridgehead atoms. The van der Waals surface area contributed by atoms with E-state index in [2.05, 4.69) is 5.32 Å². The van der Waals surface area contributed by atoms with Crippen molar-refractivity contribution in [1.82, 2.24) is 0 Å². The molecular formula is C18H16ClNO5S. The van der Waals surface area contributed by atoms with Gasteiger partial charge in [-0.05, 0) is 42.5 Å². The van der Waals surface area contributed by atoms with E-state index in [0.717, 1.165) is 4.90 Å². The van der Waals surface area contributed by atoms with Crippen molar-refractivity contribution in [2.75, 3.05) is 30.9 Å². The lowest BCUT2D eigenvalue weighted by molar-refractivity contribution is -0.144. The number of benzene rings is 2. The number of halogens is 1. The highest BCUT2D eigenvalue weighted by Gasteiger charge is 2.13. The number of hydrogen-bond acceptors (Lipinski definition) is 6. The normalized spacial score (nSPS) is 12.3. The summed E-state index contributed by atoms with van der Waals surface area (Å²) in [5.41, 5.74) is 0.584. The smallest absolute Gasteiger partial charge is 0.316 e. The molecule has 0 fully saturated rings. The summed E-state index contributed by atoms with van der Waals surface area (Å²) in [5, 5.41) is 3.20. The van der Waals surface area contributed by atoms with E-state index in [9.17, 15) is 9.59 Å². The average molecular weight is 394 g/mol. The Morgan fingerprint density at radius 1 is 1.08 bits per heavy atom. The number of nitrogens with one attached hydrogen (secondary N) is 1. The Morgan fingerprint density at radius 3 is 2.58 bits per heavy atom. The Hall–Kier alpha value is -2.38. The monoisotopic (exact) mass is 393 g/mol. The van der Waals surface area contributed by atoms with Gasteiger partial charge in [-0.25, -0.2) is 0 Å². The Morgan fingerprint density at radius 2 is 1.81 bits per heavy atom. The molecule has 2 aromatic carbocycles. The molecule has 0 aliphatic carbocycles. The number of fused-ring (bicyclic) bond motifs is 1. The molecule has 1 amide bonds. The van der Waals surface area contributed by atoms with Gasteiger partial charge in [0.15, 0.2) is 18.1 Å². The first kappa shape index (κ1) is 18.4. The maximum Gasteiger partial charge on any atom is 0.316 e. The van der Waals surface area contributed by atoms with Crippen LogP contribution in [0.25, 0.3) is 0 Å². The lowest BCUT2D eigenvalue weighted by atomic mass is 10.3. The molecule has 0 spiro atoms. The van der Waals surface area contributed by atoms with Crippen LogP contribution in [0.3, 0.4) is 0 Å². The van der Waals surface area contributed by atoms with E-state index >= 15 is 0 Å². The van der Waals surface area contributed by atoms with Gasteiger partial charge in [0.25, 0.3) is 5.91 Å². The fourth-order valence-corrected chi connectivity index (χ4v) is 3.02. The van der Waals surface area contributed by atoms with Crippen LogP contribution < -0.4 is 14.8 Å². The molecule has 6 nitrogen and oxygen atoms in total. The standard InChI is InChI=1S/C18H16ClNO5S/c19-12-1-3-13(4-2-12)20-17(21)10-25-18(22)11-26-14-5-6-15-16(9-14)24-8-7-23-15/h1-6,9H,7-8,10-11H2,(H,20,21). The van der Waals surface area contributed by atoms with Crippen LogP contribution in [0.2, 0.25) is 5.02 Å². The minimum Gasteiger partial charge on any atom is -0.486 e. The molecule has 0 atom stereocenters. The minimum atomic E-state index is -0.476. The van der Waals surface area contributed by atoms with E-state index in [4.69, 9.17) is 25.8 Å². The number of amides is 1. The average Bonchev–Trinajstić information content (AvgIpc) is 2.66. The van der Waals surface area contributed by atoms with Crippen molar-refractivity contribution in [3.63, 3.8) is 0 Å². The predicted molar refractivity (Wildman–Crippen MR) is 99.2 cm³/mol. The van der Waals surface area contributed by atoms with E-state index in [1.807, 2.05) is 18.2 Å². The third kappa shape index (κ3) is 5.31. The number of thioether (sulfide) groups is 1. The first-order valence-electron chi connectivity index (χ1n) is 7.83. The molecule has 1 aliphatic heterocycles. The van der Waals surface area contributed by atoms with E-state index in [1.54, 1.807) is 24.3 Å². The Kier molecular flexibility index (Phi) is 6.25. The summed E-state index contributed by atoms with van der Waals surface area (Å²) >= 11 is 7.08. The predicted octanol–water partition coefficient (Wildman–Crippen LogP) is 3.39. The van der Waals surface area contributed by atoms with Crippen LogP contribution in [-0.2, 0) is 14.3 Å². The van der Waals surface area contributed by atoms with E-state index in [0.29, 0.717) is 35.4 Å². The molecule has 2 aromatic rings. The van der Waals surface area contributed by atoms with Gasteiger partial charge in [0, 0.05) is 15.6 Å². The summed E-state index contributed by atoms with van der Waals surface area (Å²) in [4.78, 5) is 24.4. The lowest BCUT2D eigenvalue weighted by Gasteiger charge is -2.18. The fraction of sp³-hybridized carbons (Fsp3) is 0.222. The summed E-state index contributed by atoms with van der Waals surface area (Å²) in [5.74, 6) is 0.564.